The normalized spacial score (nSPS) is 18.9. The molecule has 1 aliphatic carbocycles. The molecule has 7 heteroatoms. The van der Waals surface area contributed by atoms with Gasteiger partial charge >= 0.3 is 12.1 Å². The Kier molecular flexibility index (Phi) is 6.96. The van der Waals surface area contributed by atoms with Gasteiger partial charge in [0.25, 0.3) is 0 Å². The summed E-state index contributed by atoms with van der Waals surface area (Å²) >= 11 is 0. The number of hydrogen-bond donors (Lipinski definition) is 2. The molecule has 1 heterocycles. The van der Waals surface area contributed by atoms with Crippen molar-refractivity contribution in [3.05, 3.63) is 72.3 Å². The van der Waals surface area contributed by atoms with Gasteiger partial charge in [-0.15, -0.1) is 6.58 Å². The fourth-order valence-electron chi connectivity index (χ4n) is 5.26. The van der Waals surface area contributed by atoms with Crippen LogP contribution in [0, 0.1) is 11.3 Å². The molecule has 0 bridgehead atoms. The van der Waals surface area contributed by atoms with Gasteiger partial charge < -0.3 is 20.1 Å². The lowest BCUT2D eigenvalue weighted by molar-refractivity contribution is -0.144. The Hall–Kier alpha value is -3.61. The quantitative estimate of drug-likeness (QED) is 0.550. The van der Waals surface area contributed by atoms with Gasteiger partial charge in [0.2, 0.25) is 5.91 Å². The molecular formula is C28H32N2O5. The summed E-state index contributed by atoms with van der Waals surface area (Å²) in [5, 5.41) is 12.3. The zero-order chi connectivity index (χ0) is 25.2. The molecule has 0 spiro atoms. The number of amides is 2. The Balaban J connectivity index is 1.43. The Morgan fingerprint density at radius 1 is 1.14 bits per heavy atom. The Bertz CT molecular complexity index is 1100. The Morgan fingerprint density at radius 3 is 2.29 bits per heavy atom. The summed E-state index contributed by atoms with van der Waals surface area (Å²) in [5.74, 6) is -1.94. The van der Waals surface area contributed by atoms with Gasteiger partial charge in [-0.25, -0.2) is 4.79 Å². The largest absolute Gasteiger partial charge is 0.481 e. The van der Waals surface area contributed by atoms with Crippen molar-refractivity contribution < 1.29 is 24.2 Å². The number of benzene rings is 2. The molecule has 4 rings (SSSR count). The molecule has 2 aromatic rings. The monoisotopic (exact) mass is 476 g/mol. The maximum atomic E-state index is 13.3. The molecule has 2 aromatic carbocycles. The van der Waals surface area contributed by atoms with Crippen LogP contribution in [-0.4, -0.2) is 53.7 Å². The van der Waals surface area contributed by atoms with E-state index in [2.05, 4.69) is 24.0 Å². The molecule has 1 aliphatic heterocycles. The third kappa shape index (κ3) is 4.94. The number of carbonyl (C=O) groups excluding carboxylic acids is 2. The minimum Gasteiger partial charge on any atom is -0.481 e. The van der Waals surface area contributed by atoms with Crippen LogP contribution in [-0.2, 0) is 14.3 Å². The van der Waals surface area contributed by atoms with E-state index >= 15 is 0 Å². The van der Waals surface area contributed by atoms with Gasteiger partial charge in [0, 0.05) is 19.0 Å². The number of nitrogens with zero attached hydrogens (tertiary/aromatic N) is 1. The number of aliphatic carboxylic acids is 1. The molecular weight excluding hydrogens is 444 g/mol. The summed E-state index contributed by atoms with van der Waals surface area (Å²) in [7, 11) is 0. The molecule has 7 nitrogen and oxygen atoms in total. The van der Waals surface area contributed by atoms with Crippen LogP contribution in [0.25, 0.3) is 11.1 Å². The van der Waals surface area contributed by atoms with E-state index in [4.69, 9.17) is 4.74 Å². The number of allylic oxidation sites excluding steroid dienone is 1. The van der Waals surface area contributed by atoms with E-state index in [0.717, 1.165) is 22.3 Å². The van der Waals surface area contributed by atoms with Gasteiger partial charge in [-0.1, -0.05) is 68.5 Å². The highest BCUT2D eigenvalue weighted by molar-refractivity contribution is 5.87. The van der Waals surface area contributed by atoms with Crippen LogP contribution < -0.4 is 5.32 Å². The summed E-state index contributed by atoms with van der Waals surface area (Å²) in [4.78, 5) is 39.2. The number of likely N-dealkylation sites (tertiary alicyclic amines) is 1. The predicted octanol–water partition coefficient (Wildman–Crippen LogP) is 4.43. The molecule has 1 saturated heterocycles. The lowest BCUT2D eigenvalue weighted by atomic mass is 9.82. The molecule has 0 saturated carbocycles. The SMILES string of the molecule is C=CCCC(NC(=O)OCC1c2ccccc2-c2ccccc21)C(=O)N1CC(C(=O)O)C(C)(C)C1. The van der Waals surface area contributed by atoms with Gasteiger partial charge in [0.05, 0.1) is 5.92 Å². The number of rotatable bonds is 8. The van der Waals surface area contributed by atoms with Crippen molar-refractivity contribution in [2.24, 2.45) is 11.3 Å². The maximum absolute atomic E-state index is 13.3. The number of hydrogen-bond acceptors (Lipinski definition) is 4. The van der Waals surface area contributed by atoms with Crippen molar-refractivity contribution in [2.75, 3.05) is 19.7 Å². The molecule has 2 unspecified atom stereocenters. The zero-order valence-electron chi connectivity index (χ0n) is 20.2. The van der Waals surface area contributed by atoms with Crippen LogP contribution in [0.5, 0.6) is 0 Å². The van der Waals surface area contributed by atoms with E-state index in [1.165, 1.54) is 4.90 Å². The van der Waals surface area contributed by atoms with Crippen molar-refractivity contribution in [3.63, 3.8) is 0 Å². The number of fused-ring (bicyclic) bond motifs is 3. The van der Waals surface area contributed by atoms with Gasteiger partial charge in [-0.05, 0) is 40.5 Å². The summed E-state index contributed by atoms with van der Waals surface area (Å²) in [6.45, 7) is 7.99. The fourth-order valence-corrected chi connectivity index (χ4v) is 5.26. The summed E-state index contributed by atoms with van der Waals surface area (Å²) in [6, 6.07) is 15.4. The molecule has 0 aromatic heterocycles. The molecule has 35 heavy (non-hydrogen) atoms. The molecule has 0 radical (unpaired) electrons. The van der Waals surface area contributed by atoms with Crippen molar-refractivity contribution in [2.45, 2.75) is 38.6 Å². The van der Waals surface area contributed by atoms with E-state index in [-0.39, 0.29) is 25.0 Å². The van der Waals surface area contributed by atoms with Crippen molar-refractivity contribution in [3.8, 4) is 11.1 Å². The lowest BCUT2D eigenvalue weighted by Gasteiger charge is -2.25. The Labute approximate surface area is 205 Å². The number of ether oxygens (including phenoxy) is 1. The maximum Gasteiger partial charge on any atom is 0.407 e. The minimum atomic E-state index is -0.919. The van der Waals surface area contributed by atoms with Crippen LogP contribution in [0.3, 0.4) is 0 Å². The molecule has 2 aliphatic rings. The second-order valence-corrected chi connectivity index (χ2v) is 9.99. The first-order valence-electron chi connectivity index (χ1n) is 12.0. The van der Waals surface area contributed by atoms with Gasteiger partial charge in [-0.3, -0.25) is 9.59 Å². The third-order valence-corrected chi connectivity index (χ3v) is 7.15. The van der Waals surface area contributed by atoms with Crippen LogP contribution in [0.2, 0.25) is 0 Å². The van der Waals surface area contributed by atoms with Crippen molar-refractivity contribution in [1.82, 2.24) is 10.2 Å². The first kappa shape index (κ1) is 24.5. The second-order valence-electron chi connectivity index (χ2n) is 9.99. The van der Waals surface area contributed by atoms with Crippen LogP contribution in [0.15, 0.2) is 61.2 Å². The number of alkyl carbamates (subject to hydrolysis) is 1. The topological polar surface area (TPSA) is 95.9 Å². The second kappa shape index (κ2) is 9.94. The molecule has 2 amide bonds. The van der Waals surface area contributed by atoms with E-state index in [0.29, 0.717) is 19.4 Å². The van der Waals surface area contributed by atoms with E-state index < -0.39 is 29.4 Å². The fraction of sp³-hybridized carbons (Fsp3) is 0.393. The average molecular weight is 477 g/mol. The summed E-state index contributed by atoms with van der Waals surface area (Å²) in [5.41, 5.74) is 3.95. The number of carboxylic acid groups (broad SMARTS) is 1. The standard InChI is InChI=1S/C28H32N2O5/c1-4-5-14-24(25(31)30-15-23(26(32)33)28(2,3)17-30)29-27(34)35-16-22-20-12-8-6-10-18(20)19-11-7-9-13-21(19)22/h4,6-13,22-24H,1,5,14-17H2,2-3H3,(H,29,34)(H,32,33). The van der Waals surface area contributed by atoms with Gasteiger partial charge in [0.15, 0.2) is 0 Å². The smallest absolute Gasteiger partial charge is 0.407 e. The minimum absolute atomic E-state index is 0.0776. The van der Waals surface area contributed by atoms with Gasteiger partial charge in [-0.2, -0.15) is 0 Å². The summed E-state index contributed by atoms with van der Waals surface area (Å²) < 4.78 is 5.62. The van der Waals surface area contributed by atoms with Crippen molar-refractivity contribution >= 4 is 18.0 Å². The van der Waals surface area contributed by atoms with E-state index in [1.54, 1.807) is 6.08 Å². The zero-order valence-corrected chi connectivity index (χ0v) is 20.2. The lowest BCUT2D eigenvalue weighted by Crippen LogP contribution is -2.48. The number of nitrogens with one attached hydrogen (secondary N) is 1. The van der Waals surface area contributed by atoms with Gasteiger partial charge in [0.1, 0.15) is 12.6 Å². The van der Waals surface area contributed by atoms with Crippen LogP contribution in [0.1, 0.15) is 43.7 Å². The molecule has 1 fully saturated rings. The highest BCUT2D eigenvalue weighted by Gasteiger charge is 2.46. The van der Waals surface area contributed by atoms with Crippen molar-refractivity contribution in [1.29, 1.82) is 0 Å². The Morgan fingerprint density at radius 2 is 1.74 bits per heavy atom. The van der Waals surface area contributed by atoms with Crippen LogP contribution in [0.4, 0.5) is 4.79 Å². The average Bonchev–Trinajstić information content (AvgIpc) is 3.34. The van der Waals surface area contributed by atoms with Crippen LogP contribution >= 0.6 is 0 Å². The first-order chi connectivity index (χ1) is 16.7. The molecule has 184 valence electrons. The highest BCUT2D eigenvalue weighted by atomic mass is 16.5. The van der Waals surface area contributed by atoms with E-state index in [1.807, 2.05) is 50.2 Å². The third-order valence-electron chi connectivity index (χ3n) is 7.15. The highest BCUT2D eigenvalue weighted by Crippen LogP contribution is 2.44. The predicted molar refractivity (Wildman–Crippen MR) is 133 cm³/mol. The summed E-state index contributed by atoms with van der Waals surface area (Å²) in [6.07, 6.45) is 1.91. The molecule has 2 N–H and O–H groups in total. The molecule has 2 atom stereocenters. The first-order valence-corrected chi connectivity index (χ1v) is 12.0. The van der Waals surface area contributed by atoms with E-state index in [9.17, 15) is 19.5 Å². The number of carboxylic acids is 1. The number of carbonyl (C=O) groups is 3.